The van der Waals surface area contributed by atoms with E-state index in [9.17, 15) is 19.5 Å². The summed E-state index contributed by atoms with van der Waals surface area (Å²) in [4.78, 5) is 37.1. The zero-order valence-electron chi connectivity index (χ0n) is 13.5. The lowest BCUT2D eigenvalue weighted by atomic mass is 9.62. The van der Waals surface area contributed by atoms with Gasteiger partial charge in [0.1, 0.15) is 5.00 Å². The molecule has 24 heavy (non-hydrogen) atoms. The molecular weight excluding hydrogens is 328 g/mol. The van der Waals surface area contributed by atoms with Gasteiger partial charge in [-0.25, -0.2) is 0 Å². The van der Waals surface area contributed by atoms with E-state index in [0.717, 1.165) is 23.3 Å². The molecule has 4 rings (SSSR count). The maximum atomic E-state index is 12.8. The van der Waals surface area contributed by atoms with Gasteiger partial charge >= 0.3 is 5.97 Å². The number of aryl methyl sites for hydroxylation is 1. The largest absolute Gasteiger partial charge is 0.481 e. The number of rotatable bonds is 4. The van der Waals surface area contributed by atoms with Crippen molar-refractivity contribution in [3.05, 3.63) is 28.2 Å². The van der Waals surface area contributed by atoms with E-state index in [1.165, 1.54) is 11.3 Å². The molecule has 0 spiro atoms. The molecule has 0 saturated heterocycles. The van der Waals surface area contributed by atoms with Gasteiger partial charge in [-0.15, -0.1) is 11.3 Å². The van der Waals surface area contributed by atoms with Crippen LogP contribution >= 0.6 is 11.3 Å². The fraction of sp³-hybridized carbons (Fsp3) is 0.471. The van der Waals surface area contributed by atoms with Crippen LogP contribution in [0.3, 0.4) is 0 Å². The summed E-state index contributed by atoms with van der Waals surface area (Å²) in [7, 11) is 0. The predicted octanol–water partition coefficient (Wildman–Crippen LogP) is 2.32. The highest BCUT2D eigenvalue weighted by atomic mass is 32.1. The molecule has 4 atom stereocenters. The van der Waals surface area contributed by atoms with Crippen molar-refractivity contribution >= 4 is 34.1 Å². The number of fused-ring (bicyclic) bond motifs is 2. The smallest absolute Gasteiger partial charge is 0.307 e. The van der Waals surface area contributed by atoms with E-state index in [2.05, 4.69) is 5.32 Å². The molecule has 1 aromatic heterocycles. The third kappa shape index (κ3) is 2.62. The van der Waals surface area contributed by atoms with Crippen molar-refractivity contribution < 1.29 is 19.5 Å². The van der Waals surface area contributed by atoms with E-state index in [-0.39, 0.29) is 17.7 Å². The van der Waals surface area contributed by atoms with Crippen LogP contribution < -0.4 is 11.1 Å². The Hall–Kier alpha value is -2.15. The Morgan fingerprint density at radius 1 is 1.17 bits per heavy atom. The minimum Gasteiger partial charge on any atom is -0.481 e. The molecule has 0 aliphatic heterocycles. The molecule has 2 amide bonds. The van der Waals surface area contributed by atoms with Crippen LogP contribution in [0, 0.1) is 37.5 Å². The summed E-state index contributed by atoms with van der Waals surface area (Å²) in [5.74, 6) is -3.39. The average Bonchev–Trinajstić information content (AvgIpc) is 2.81. The number of carboxylic acid groups (broad SMARTS) is 1. The van der Waals surface area contributed by atoms with Gasteiger partial charge in [-0.3, -0.25) is 14.4 Å². The highest BCUT2D eigenvalue weighted by Crippen LogP contribution is 2.45. The van der Waals surface area contributed by atoms with Crippen LogP contribution in [0.2, 0.25) is 0 Å². The summed E-state index contributed by atoms with van der Waals surface area (Å²) < 4.78 is 0. The first kappa shape index (κ1) is 16.7. The molecule has 1 aromatic rings. The number of nitrogens with one attached hydrogen (secondary N) is 1. The molecule has 7 heteroatoms. The van der Waals surface area contributed by atoms with Gasteiger partial charge in [-0.2, -0.15) is 0 Å². The summed E-state index contributed by atoms with van der Waals surface area (Å²) in [6.07, 6.45) is 5.49. The molecule has 1 saturated carbocycles. The molecular formula is C17H20N2O4S. The Balaban J connectivity index is 1.90. The summed E-state index contributed by atoms with van der Waals surface area (Å²) in [5.41, 5.74) is 6.50. The van der Waals surface area contributed by atoms with Crippen LogP contribution in [0.4, 0.5) is 5.00 Å². The second-order valence-electron chi connectivity index (χ2n) is 6.52. The monoisotopic (exact) mass is 348 g/mol. The van der Waals surface area contributed by atoms with Crippen molar-refractivity contribution in [2.75, 3.05) is 5.32 Å². The topological polar surface area (TPSA) is 109 Å². The van der Waals surface area contributed by atoms with Crippen molar-refractivity contribution in [1.29, 1.82) is 0 Å². The number of hydrogen-bond donors (Lipinski definition) is 3. The Morgan fingerprint density at radius 3 is 2.25 bits per heavy atom. The summed E-state index contributed by atoms with van der Waals surface area (Å²) >= 11 is 1.29. The lowest BCUT2D eigenvalue weighted by molar-refractivity contribution is -0.151. The number of hydrogen-bond acceptors (Lipinski definition) is 4. The Kier molecular flexibility index (Phi) is 4.21. The first-order valence-electron chi connectivity index (χ1n) is 7.93. The highest BCUT2D eigenvalue weighted by molar-refractivity contribution is 7.16. The molecule has 1 fully saturated rings. The lowest BCUT2D eigenvalue weighted by Crippen LogP contribution is -2.47. The molecule has 1 heterocycles. The number of amides is 2. The number of carbonyl (C=O) groups excluding carboxylic acids is 2. The quantitative estimate of drug-likeness (QED) is 0.725. The van der Waals surface area contributed by atoms with E-state index >= 15 is 0 Å². The number of primary amides is 1. The zero-order valence-corrected chi connectivity index (χ0v) is 14.4. The summed E-state index contributed by atoms with van der Waals surface area (Å²) in [5, 5.41) is 12.7. The SMILES string of the molecule is Cc1sc(NC(=O)[C@H]2[C@@H](C(=O)O)[C@H]3C=C[C@@H]2CC3)c(C(N)=O)c1C. The van der Waals surface area contributed by atoms with Crippen LogP contribution in [0.5, 0.6) is 0 Å². The second-order valence-corrected chi connectivity index (χ2v) is 7.75. The summed E-state index contributed by atoms with van der Waals surface area (Å²) in [6, 6.07) is 0. The summed E-state index contributed by atoms with van der Waals surface area (Å²) in [6.45, 7) is 3.64. The van der Waals surface area contributed by atoms with Crippen LogP contribution in [0.15, 0.2) is 12.2 Å². The fourth-order valence-electron chi connectivity index (χ4n) is 3.90. The van der Waals surface area contributed by atoms with Gasteiger partial charge in [-0.1, -0.05) is 12.2 Å². The first-order chi connectivity index (χ1) is 11.3. The predicted molar refractivity (Wildman–Crippen MR) is 90.9 cm³/mol. The van der Waals surface area contributed by atoms with Crippen LogP contribution in [0.25, 0.3) is 0 Å². The minimum atomic E-state index is -0.942. The van der Waals surface area contributed by atoms with Gasteiger partial charge < -0.3 is 16.2 Å². The third-order valence-electron chi connectivity index (χ3n) is 5.20. The zero-order chi connectivity index (χ0) is 17.6. The van der Waals surface area contributed by atoms with Crippen LogP contribution in [-0.2, 0) is 9.59 Å². The van der Waals surface area contributed by atoms with E-state index in [4.69, 9.17) is 5.73 Å². The van der Waals surface area contributed by atoms with Crippen LogP contribution in [0.1, 0.15) is 33.6 Å². The van der Waals surface area contributed by atoms with Gasteiger partial charge in [0.05, 0.1) is 17.4 Å². The number of allylic oxidation sites excluding steroid dienone is 2. The van der Waals surface area contributed by atoms with Crippen molar-refractivity contribution in [3.63, 3.8) is 0 Å². The van der Waals surface area contributed by atoms with Gasteiger partial charge in [0.25, 0.3) is 5.91 Å². The van der Waals surface area contributed by atoms with Gasteiger partial charge in [0.15, 0.2) is 0 Å². The van der Waals surface area contributed by atoms with E-state index < -0.39 is 23.7 Å². The molecule has 2 bridgehead atoms. The molecule has 0 radical (unpaired) electrons. The van der Waals surface area contributed by atoms with Crippen molar-refractivity contribution in [1.82, 2.24) is 0 Å². The molecule has 128 valence electrons. The van der Waals surface area contributed by atoms with Crippen LogP contribution in [-0.4, -0.2) is 22.9 Å². The second kappa shape index (κ2) is 6.05. The van der Waals surface area contributed by atoms with Crippen molar-refractivity contribution in [2.45, 2.75) is 26.7 Å². The third-order valence-corrected chi connectivity index (χ3v) is 6.33. The number of aliphatic carboxylic acids is 1. The van der Waals surface area contributed by atoms with E-state index in [0.29, 0.717) is 10.6 Å². The Morgan fingerprint density at radius 2 is 1.75 bits per heavy atom. The maximum Gasteiger partial charge on any atom is 0.307 e. The molecule has 4 N–H and O–H groups in total. The maximum absolute atomic E-state index is 12.8. The molecule has 0 unspecified atom stereocenters. The molecule has 3 aliphatic rings. The average molecular weight is 348 g/mol. The Labute approximate surface area is 143 Å². The van der Waals surface area contributed by atoms with Gasteiger partial charge in [-0.05, 0) is 44.1 Å². The standard InChI is InChI=1S/C17H20N2O4S/c1-7-8(2)24-16(11(7)14(18)20)19-15(21)12-9-3-5-10(6-4-9)13(12)17(22)23/h3,5,9-10,12-13H,4,6H2,1-2H3,(H2,18,20)(H,19,21)(H,22,23)/t9-,10+,12-,13+/m1/s1. The van der Waals surface area contributed by atoms with Crippen molar-refractivity contribution in [2.24, 2.45) is 29.4 Å². The molecule has 0 aromatic carbocycles. The number of nitrogens with two attached hydrogens (primary N) is 1. The number of carboxylic acids is 1. The van der Waals surface area contributed by atoms with E-state index in [1.807, 2.05) is 19.1 Å². The number of anilines is 1. The van der Waals surface area contributed by atoms with Gasteiger partial charge in [0, 0.05) is 4.88 Å². The van der Waals surface area contributed by atoms with Crippen molar-refractivity contribution in [3.8, 4) is 0 Å². The minimum absolute atomic E-state index is 0.0738. The highest BCUT2D eigenvalue weighted by Gasteiger charge is 2.48. The van der Waals surface area contributed by atoms with E-state index in [1.54, 1.807) is 6.92 Å². The Bertz CT molecular complexity index is 752. The first-order valence-corrected chi connectivity index (χ1v) is 8.74. The number of carbonyl (C=O) groups is 3. The number of thiophene rings is 1. The van der Waals surface area contributed by atoms with Gasteiger partial charge in [0.2, 0.25) is 5.91 Å². The lowest BCUT2D eigenvalue weighted by Gasteiger charge is -2.41. The normalized spacial score (nSPS) is 27.9. The molecule has 6 nitrogen and oxygen atoms in total. The fourth-order valence-corrected chi connectivity index (χ4v) is 4.96. The molecule has 3 aliphatic carbocycles.